The summed E-state index contributed by atoms with van der Waals surface area (Å²) in [4.78, 5) is 16.4. The third-order valence-electron chi connectivity index (χ3n) is 3.44. The van der Waals surface area contributed by atoms with Crippen molar-refractivity contribution in [2.24, 2.45) is 5.92 Å². The largest absolute Gasteiger partial charge is 0.338 e. The summed E-state index contributed by atoms with van der Waals surface area (Å²) in [5.41, 5.74) is 0. The molecule has 1 amide bonds. The summed E-state index contributed by atoms with van der Waals surface area (Å²) < 4.78 is 0. The molecule has 1 aromatic rings. The molecule has 0 aromatic carbocycles. The van der Waals surface area contributed by atoms with Gasteiger partial charge in [0.2, 0.25) is 0 Å². The molecule has 1 fully saturated rings. The van der Waals surface area contributed by atoms with Gasteiger partial charge < -0.3 is 10.2 Å². The molecule has 0 saturated carbocycles. The van der Waals surface area contributed by atoms with Crippen LogP contribution in [0.4, 0.5) is 0 Å². The number of piperidine rings is 1. The Morgan fingerprint density at radius 2 is 2.28 bits per heavy atom. The van der Waals surface area contributed by atoms with E-state index in [9.17, 15) is 4.79 Å². The Labute approximate surface area is 117 Å². The molecule has 1 aromatic heterocycles. The number of likely N-dealkylation sites (tertiary alicyclic amines) is 1. The molecule has 0 atom stereocenters. The fourth-order valence-electron chi connectivity index (χ4n) is 2.39. The Balaban J connectivity index is 1.95. The van der Waals surface area contributed by atoms with Crippen LogP contribution in [-0.4, -0.2) is 43.7 Å². The number of amides is 1. The topological polar surface area (TPSA) is 32.3 Å². The molecule has 0 aliphatic carbocycles. The minimum absolute atomic E-state index is 0.220. The van der Waals surface area contributed by atoms with Crippen molar-refractivity contribution in [1.29, 1.82) is 0 Å². The Kier molecular flexibility index (Phi) is 5.09. The van der Waals surface area contributed by atoms with Gasteiger partial charge in [-0.25, -0.2) is 0 Å². The molecule has 0 bridgehead atoms. The molecule has 1 N–H and O–H groups in total. The number of nitrogens with zero attached hydrogens (tertiary/aromatic N) is 1. The second-order valence-electron chi connectivity index (χ2n) is 4.61. The van der Waals surface area contributed by atoms with E-state index in [0.29, 0.717) is 0 Å². The van der Waals surface area contributed by atoms with Crippen LogP contribution >= 0.6 is 23.1 Å². The highest BCUT2D eigenvalue weighted by Crippen LogP contribution is 2.28. The first kappa shape index (κ1) is 13.9. The molecule has 5 heteroatoms. The van der Waals surface area contributed by atoms with E-state index in [1.165, 1.54) is 0 Å². The van der Waals surface area contributed by atoms with Crippen molar-refractivity contribution < 1.29 is 4.79 Å². The average molecular weight is 284 g/mol. The van der Waals surface area contributed by atoms with Crippen LogP contribution in [0.2, 0.25) is 0 Å². The van der Waals surface area contributed by atoms with Crippen LogP contribution < -0.4 is 5.32 Å². The molecule has 3 nitrogen and oxygen atoms in total. The number of rotatable bonds is 4. The minimum atomic E-state index is 0.220. The van der Waals surface area contributed by atoms with Gasteiger partial charge in [0.25, 0.3) is 5.91 Å². The summed E-state index contributed by atoms with van der Waals surface area (Å²) in [5, 5.41) is 5.23. The second kappa shape index (κ2) is 6.59. The highest BCUT2D eigenvalue weighted by atomic mass is 32.2. The Morgan fingerprint density at radius 3 is 2.89 bits per heavy atom. The normalized spacial score (nSPS) is 17.1. The molecular formula is C13H20N2OS2. The van der Waals surface area contributed by atoms with Crippen molar-refractivity contribution in [3.63, 3.8) is 0 Å². The van der Waals surface area contributed by atoms with Gasteiger partial charge in [-0.3, -0.25) is 4.79 Å². The number of nitrogens with one attached hydrogen (secondary N) is 1. The van der Waals surface area contributed by atoms with Crippen LogP contribution in [0.5, 0.6) is 0 Å². The zero-order chi connectivity index (χ0) is 13.0. The van der Waals surface area contributed by atoms with E-state index in [1.807, 2.05) is 29.6 Å². The van der Waals surface area contributed by atoms with E-state index in [-0.39, 0.29) is 5.91 Å². The second-order valence-corrected chi connectivity index (χ2v) is 6.38. The van der Waals surface area contributed by atoms with E-state index < -0.39 is 0 Å². The summed E-state index contributed by atoms with van der Waals surface area (Å²) >= 11 is 3.22. The van der Waals surface area contributed by atoms with Crippen LogP contribution in [0.3, 0.4) is 0 Å². The van der Waals surface area contributed by atoms with Gasteiger partial charge >= 0.3 is 0 Å². The molecule has 1 aliphatic rings. The van der Waals surface area contributed by atoms with Gasteiger partial charge in [-0.15, -0.1) is 23.1 Å². The Morgan fingerprint density at radius 1 is 1.56 bits per heavy atom. The maximum absolute atomic E-state index is 12.4. The maximum Gasteiger partial charge on any atom is 0.265 e. The Hall–Kier alpha value is -0.520. The zero-order valence-electron chi connectivity index (χ0n) is 10.9. The third kappa shape index (κ3) is 3.08. The van der Waals surface area contributed by atoms with Crippen LogP contribution in [0, 0.1) is 5.92 Å². The first-order valence-electron chi connectivity index (χ1n) is 6.31. The average Bonchev–Trinajstić information content (AvgIpc) is 2.87. The summed E-state index contributed by atoms with van der Waals surface area (Å²) in [7, 11) is 1.99. The molecular weight excluding hydrogens is 264 g/mol. The summed E-state index contributed by atoms with van der Waals surface area (Å²) in [6, 6.07) is 2.04. The van der Waals surface area contributed by atoms with E-state index in [1.54, 1.807) is 23.1 Å². The van der Waals surface area contributed by atoms with Crippen LogP contribution in [-0.2, 0) is 0 Å². The first-order chi connectivity index (χ1) is 8.76. The van der Waals surface area contributed by atoms with Crippen molar-refractivity contribution >= 4 is 29.0 Å². The highest BCUT2D eigenvalue weighted by Gasteiger charge is 2.25. The van der Waals surface area contributed by atoms with Crippen LogP contribution in [0.25, 0.3) is 0 Å². The fraction of sp³-hybridized carbons (Fsp3) is 0.615. The number of hydrogen-bond acceptors (Lipinski definition) is 4. The number of carbonyl (C=O) groups excluding carboxylic acids is 1. The lowest BCUT2D eigenvalue weighted by Gasteiger charge is -2.31. The van der Waals surface area contributed by atoms with E-state index in [2.05, 4.69) is 5.32 Å². The SMILES string of the molecule is CNCC1CCN(C(=O)c2sccc2SC)CC1. The molecule has 0 unspecified atom stereocenters. The minimum Gasteiger partial charge on any atom is -0.338 e. The number of hydrogen-bond donors (Lipinski definition) is 1. The third-order valence-corrected chi connectivity index (χ3v) is 5.25. The van der Waals surface area contributed by atoms with Gasteiger partial charge in [-0.1, -0.05) is 0 Å². The van der Waals surface area contributed by atoms with E-state index >= 15 is 0 Å². The predicted octanol–water partition coefficient (Wildman–Crippen LogP) is 2.54. The molecule has 1 saturated heterocycles. The number of thioether (sulfide) groups is 1. The lowest BCUT2D eigenvalue weighted by molar-refractivity contribution is 0.0692. The van der Waals surface area contributed by atoms with Crippen molar-refractivity contribution in [3.8, 4) is 0 Å². The van der Waals surface area contributed by atoms with Gasteiger partial charge in [0, 0.05) is 18.0 Å². The van der Waals surface area contributed by atoms with Crippen molar-refractivity contribution in [2.45, 2.75) is 17.7 Å². The first-order valence-corrected chi connectivity index (χ1v) is 8.42. The quantitative estimate of drug-likeness (QED) is 0.862. The van der Waals surface area contributed by atoms with E-state index in [4.69, 9.17) is 0 Å². The molecule has 2 heterocycles. The highest BCUT2D eigenvalue weighted by molar-refractivity contribution is 7.98. The molecule has 100 valence electrons. The van der Waals surface area contributed by atoms with Gasteiger partial charge in [0.05, 0.1) is 0 Å². The fourth-order valence-corrected chi connectivity index (χ4v) is 4.10. The molecule has 18 heavy (non-hydrogen) atoms. The lowest BCUT2D eigenvalue weighted by atomic mass is 9.97. The Bertz CT molecular complexity index is 397. The van der Waals surface area contributed by atoms with Gasteiger partial charge in [-0.2, -0.15) is 0 Å². The van der Waals surface area contributed by atoms with Gasteiger partial charge in [0.15, 0.2) is 0 Å². The lowest BCUT2D eigenvalue weighted by Crippen LogP contribution is -2.40. The van der Waals surface area contributed by atoms with Crippen molar-refractivity contribution in [3.05, 3.63) is 16.3 Å². The van der Waals surface area contributed by atoms with Gasteiger partial charge in [-0.05, 0) is 50.1 Å². The van der Waals surface area contributed by atoms with E-state index in [0.717, 1.165) is 48.2 Å². The summed E-state index contributed by atoms with van der Waals surface area (Å²) in [6.45, 7) is 2.87. The van der Waals surface area contributed by atoms with Crippen LogP contribution in [0.1, 0.15) is 22.5 Å². The van der Waals surface area contributed by atoms with Gasteiger partial charge in [0.1, 0.15) is 4.88 Å². The molecule has 2 rings (SSSR count). The molecule has 0 spiro atoms. The predicted molar refractivity (Wildman–Crippen MR) is 78.7 cm³/mol. The summed E-state index contributed by atoms with van der Waals surface area (Å²) in [5.74, 6) is 0.944. The standard InChI is InChI=1S/C13H20N2OS2/c1-14-9-10-3-6-15(7-4-10)13(16)12-11(17-2)5-8-18-12/h5,8,10,14H,3-4,6-7,9H2,1-2H3. The zero-order valence-corrected chi connectivity index (χ0v) is 12.6. The smallest absolute Gasteiger partial charge is 0.265 e. The summed E-state index contributed by atoms with van der Waals surface area (Å²) in [6.07, 6.45) is 4.26. The number of thiophene rings is 1. The van der Waals surface area contributed by atoms with Crippen molar-refractivity contribution in [1.82, 2.24) is 10.2 Å². The molecule has 1 aliphatic heterocycles. The van der Waals surface area contributed by atoms with Crippen molar-refractivity contribution in [2.75, 3.05) is 32.9 Å². The van der Waals surface area contributed by atoms with Crippen LogP contribution in [0.15, 0.2) is 16.3 Å². The molecule has 0 radical (unpaired) electrons. The maximum atomic E-state index is 12.4. The number of carbonyl (C=O) groups is 1. The monoisotopic (exact) mass is 284 g/mol.